The molecule has 0 amide bonds. The summed E-state index contributed by atoms with van der Waals surface area (Å²) in [5.41, 5.74) is -0.305. The van der Waals surface area contributed by atoms with Crippen LogP contribution in [0, 0.1) is 15.9 Å². The molecule has 2 rings (SSSR count). The fourth-order valence-corrected chi connectivity index (χ4v) is 1.81. The number of halogens is 1. The molecule has 6 nitrogen and oxygen atoms in total. The first kappa shape index (κ1) is 14.4. The quantitative estimate of drug-likeness (QED) is 0.652. The normalized spacial score (nSPS) is 10.1. The van der Waals surface area contributed by atoms with Gasteiger partial charge in [0, 0.05) is 6.54 Å². The van der Waals surface area contributed by atoms with Gasteiger partial charge in [0.15, 0.2) is 0 Å². The monoisotopic (exact) mass is 290 g/mol. The number of carbonyl (C=O) groups is 1. The Balaban J connectivity index is 2.34. The summed E-state index contributed by atoms with van der Waals surface area (Å²) in [6, 6.07) is 10.6. The molecule has 0 fully saturated rings. The molecule has 0 aliphatic heterocycles. The van der Waals surface area contributed by atoms with Gasteiger partial charge in [-0.15, -0.1) is 0 Å². The molecule has 0 bridgehead atoms. The lowest BCUT2D eigenvalue weighted by Gasteiger charge is -2.09. The molecule has 2 aromatic carbocycles. The maximum Gasteiger partial charge on any atom is 0.338 e. The van der Waals surface area contributed by atoms with Crippen LogP contribution in [0.1, 0.15) is 15.9 Å². The zero-order valence-corrected chi connectivity index (χ0v) is 10.7. The van der Waals surface area contributed by atoms with Crippen molar-refractivity contribution in [2.75, 3.05) is 5.32 Å². The first-order valence-electron chi connectivity index (χ1n) is 5.98. The Labute approximate surface area is 119 Å². The summed E-state index contributed by atoms with van der Waals surface area (Å²) in [4.78, 5) is 21.0. The van der Waals surface area contributed by atoms with Crippen LogP contribution in [0.3, 0.4) is 0 Å². The van der Waals surface area contributed by atoms with E-state index in [0.29, 0.717) is 6.07 Å². The fraction of sp³-hybridized carbons (Fsp3) is 0.0714. The number of hydrogen-bond donors (Lipinski definition) is 2. The second-order valence-electron chi connectivity index (χ2n) is 4.25. The molecule has 0 radical (unpaired) electrons. The lowest BCUT2D eigenvalue weighted by Crippen LogP contribution is -2.07. The Hall–Kier alpha value is -2.96. The van der Waals surface area contributed by atoms with Crippen molar-refractivity contribution in [1.29, 1.82) is 0 Å². The van der Waals surface area contributed by atoms with E-state index in [1.165, 1.54) is 0 Å². The van der Waals surface area contributed by atoms with Crippen molar-refractivity contribution < 1.29 is 19.2 Å². The van der Waals surface area contributed by atoms with Crippen LogP contribution in [0.4, 0.5) is 15.8 Å². The molecule has 0 unspecified atom stereocenters. The van der Waals surface area contributed by atoms with Crippen molar-refractivity contribution in [3.05, 3.63) is 69.5 Å². The summed E-state index contributed by atoms with van der Waals surface area (Å²) in [5.74, 6) is -2.62. The highest BCUT2D eigenvalue weighted by atomic mass is 19.1. The Morgan fingerprint density at radius 1 is 1.29 bits per heavy atom. The van der Waals surface area contributed by atoms with Gasteiger partial charge in [-0.1, -0.05) is 30.3 Å². The van der Waals surface area contributed by atoms with Gasteiger partial charge < -0.3 is 10.4 Å². The SMILES string of the molecule is O=C(O)c1cc(NCc2ccccc2)c([N+](=O)[O-])cc1F. The van der Waals surface area contributed by atoms with Crippen molar-refractivity contribution >= 4 is 17.3 Å². The molecule has 0 spiro atoms. The van der Waals surface area contributed by atoms with Crippen LogP contribution in [0.25, 0.3) is 0 Å². The van der Waals surface area contributed by atoms with E-state index in [4.69, 9.17) is 5.11 Å². The van der Waals surface area contributed by atoms with Crippen LogP contribution in [-0.2, 0) is 6.54 Å². The second-order valence-corrected chi connectivity index (χ2v) is 4.25. The van der Waals surface area contributed by atoms with Gasteiger partial charge in [0.25, 0.3) is 5.69 Å². The number of nitro groups is 1. The molecule has 7 heteroatoms. The summed E-state index contributed by atoms with van der Waals surface area (Å²) in [5, 5.41) is 22.5. The van der Waals surface area contributed by atoms with E-state index in [2.05, 4.69) is 5.32 Å². The van der Waals surface area contributed by atoms with Gasteiger partial charge in [0.1, 0.15) is 11.5 Å². The molecule has 2 aromatic rings. The number of carboxylic acids is 1. The van der Waals surface area contributed by atoms with Crippen LogP contribution in [0.5, 0.6) is 0 Å². The van der Waals surface area contributed by atoms with E-state index in [1.54, 1.807) is 24.3 Å². The Kier molecular flexibility index (Phi) is 4.13. The minimum Gasteiger partial charge on any atom is -0.478 e. The number of anilines is 1. The molecule has 0 saturated heterocycles. The third kappa shape index (κ3) is 3.33. The average Bonchev–Trinajstić information content (AvgIpc) is 2.46. The number of benzene rings is 2. The summed E-state index contributed by atoms with van der Waals surface area (Å²) in [6.07, 6.45) is 0. The van der Waals surface area contributed by atoms with Gasteiger partial charge in [0.2, 0.25) is 0 Å². The lowest BCUT2D eigenvalue weighted by atomic mass is 10.1. The first-order chi connectivity index (χ1) is 9.99. The first-order valence-corrected chi connectivity index (χ1v) is 5.98. The summed E-state index contributed by atoms with van der Waals surface area (Å²) >= 11 is 0. The summed E-state index contributed by atoms with van der Waals surface area (Å²) < 4.78 is 13.5. The maximum absolute atomic E-state index is 13.5. The van der Waals surface area contributed by atoms with Gasteiger partial charge >= 0.3 is 5.97 Å². The largest absolute Gasteiger partial charge is 0.478 e. The number of nitro benzene ring substituents is 1. The van der Waals surface area contributed by atoms with Gasteiger partial charge in [-0.05, 0) is 11.6 Å². The number of rotatable bonds is 5. The summed E-state index contributed by atoms with van der Waals surface area (Å²) in [6.45, 7) is 0.256. The Bertz CT molecular complexity index is 689. The topological polar surface area (TPSA) is 92.5 Å². The molecular formula is C14H11FN2O4. The Morgan fingerprint density at radius 2 is 1.95 bits per heavy atom. The van der Waals surface area contributed by atoms with E-state index >= 15 is 0 Å². The predicted octanol–water partition coefficient (Wildman–Crippen LogP) is 3.04. The minimum absolute atomic E-state index is 0.0392. The zero-order chi connectivity index (χ0) is 15.4. The number of nitrogens with zero attached hydrogens (tertiary/aromatic N) is 1. The highest BCUT2D eigenvalue weighted by molar-refractivity contribution is 5.90. The van der Waals surface area contributed by atoms with Crippen molar-refractivity contribution in [3.8, 4) is 0 Å². The van der Waals surface area contributed by atoms with Crippen molar-refractivity contribution in [2.24, 2.45) is 0 Å². The number of hydrogen-bond acceptors (Lipinski definition) is 4. The molecule has 21 heavy (non-hydrogen) atoms. The van der Waals surface area contributed by atoms with Gasteiger partial charge in [-0.3, -0.25) is 10.1 Å². The predicted molar refractivity (Wildman–Crippen MR) is 73.8 cm³/mol. The van der Waals surface area contributed by atoms with Crippen LogP contribution in [0.15, 0.2) is 42.5 Å². The van der Waals surface area contributed by atoms with Crippen LogP contribution in [0.2, 0.25) is 0 Å². The molecule has 0 saturated carbocycles. The third-order valence-corrected chi connectivity index (χ3v) is 2.84. The number of nitrogens with one attached hydrogen (secondary N) is 1. The van der Waals surface area contributed by atoms with Crippen molar-refractivity contribution in [2.45, 2.75) is 6.54 Å². The number of carboxylic acid groups (broad SMARTS) is 1. The van der Waals surface area contributed by atoms with Gasteiger partial charge in [-0.2, -0.15) is 0 Å². The molecule has 108 valence electrons. The fourth-order valence-electron chi connectivity index (χ4n) is 1.81. The highest BCUT2D eigenvalue weighted by Gasteiger charge is 2.21. The lowest BCUT2D eigenvalue weighted by molar-refractivity contribution is -0.384. The van der Waals surface area contributed by atoms with E-state index in [-0.39, 0.29) is 12.2 Å². The molecule has 0 heterocycles. The van der Waals surface area contributed by atoms with Crippen molar-refractivity contribution in [1.82, 2.24) is 0 Å². The molecule has 0 atom stereocenters. The molecule has 0 aliphatic rings. The molecule has 2 N–H and O–H groups in total. The van der Waals surface area contributed by atoms with Crippen molar-refractivity contribution in [3.63, 3.8) is 0 Å². The third-order valence-electron chi connectivity index (χ3n) is 2.84. The van der Waals surface area contributed by atoms with Crippen LogP contribution in [-0.4, -0.2) is 16.0 Å². The van der Waals surface area contributed by atoms with Gasteiger partial charge in [-0.25, -0.2) is 9.18 Å². The van der Waals surface area contributed by atoms with Gasteiger partial charge in [0.05, 0.1) is 16.6 Å². The Morgan fingerprint density at radius 3 is 2.52 bits per heavy atom. The minimum atomic E-state index is -1.48. The van der Waals surface area contributed by atoms with Crippen LogP contribution >= 0.6 is 0 Å². The maximum atomic E-state index is 13.5. The number of aromatic carboxylic acids is 1. The van der Waals surface area contributed by atoms with Crippen LogP contribution < -0.4 is 5.32 Å². The van der Waals surface area contributed by atoms with E-state index in [9.17, 15) is 19.3 Å². The van der Waals surface area contributed by atoms with E-state index < -0.39 is 28.0 Å². The highest BCUT2D eigenvalue weighted by Crippen LogP contribution is 2.28. The smallest absolute Gasteiger partial charge is 0.338 e. The average molecular weight is 290 g/mol. The zero-order valence-electron chi connectivity index (χ0n) is 10.7. The second kappa shape index (κ2) is 6.00. The molecule has 0 aliphatic carbocycles. The summed E-state index contributed by atoms with van der Waals surface area (Å²) in [7, 11) is 0. The molecular weight excluding hydrogens is 279 g/mol. The van der Waals surface area contributed by atoms with E-state index in [1.807, 2.05) is 6.07 Å². The van der Waals surface area contributed by atoms with E-state index in [0.717, 1.165) is 11.6 Å². The molecule has 0 aromatic heterocycles. The standard InChI is InChI=1S/C14H11FN2O4/c15-11-7-13(17(20)21)12(6-10(11)14(18)19)16-8-9-4-2-1-3-5-9/h1-7,16H,8H2,(H,18,19).